The molecule has 6 nitrogen and oxygen atoms in total. The Balaban J connectivity index is 1.27. The Kier molecular flexibility index (Phi) is 6.62. The van der Waals surface area contributed by atoms with Gasteiger partial charge in [-0.25, -0.2) is 0 Å². The monoisotopic (exact) mass is 435 g/mol. The molecule has 1 heterocycles. The summed E-state index contributed by atoms with van der Waals surface area (Å²) in [5, 5.41) is 4.58. The van der Waals surface area contributed by atoms with Gasteiger partial charge in [0.05, 0.1) is 11.4 Å². The molecule has 0 atom stereocenters. The third-order valence-corrected chi connectivity index (χ3v) is 6.69. The minimum atomic E-state index is -0.489. The van der Waals surface area contributed by atoms with Crippen LogP contribution in [0.25, 0.3) is 10.8 Å². The first-order valence-corrected chi connectivity index (χ1v) is 11.4. The van der Waals surface area contributed by atoms with E-state index in [1.54, 1.807) is 12.1 Å². The van der Waals surface area contributed by atoms with Gasteiger partial charge in [-0.2, -0.15) is 0 Å². The first-order chi connectivity index (χ1) is 15.1. The van der Waals surface area contributed by atoms with Gasteiger partial charge in [-0.3, -0.25) is 25.2 Å². The normalized spacial score (nSPS) is 13.5. The van der Waals surface area contributed by atoms with Gasteiger partial charge in [-0.05, 0) is 60.2 Å². The van der Waals surface area contributed by atoms with Gasteiger partial charge in [0.15, 0.2) is 0 Å². The van der Waals surface area contributed by atoms with Crippen LogP contribution in [0.1, 0.15) is 56.2 Å². The first-order valence-electron chi connectivity index (χ1n) is 10.6. The van der Waals surface area contributed by atoms with Crippen LogP contribution in [0.15, 0.2) is 48.5 Å². The van der Waals surface area contributed by atoms with Gasteiger partial charge in [0.25, 0.3) is 17.7 Å². The Morgan fingerprint density at radius 3 is 2.42 bits per heavy atom. The minimum absolute atomic E-state index is 0.229. The summed E-state index contributed by atoms with van der Waals surface area (Å²) in [6.07, 6.45) is 6.80. The number of benzene rings is 2. The van der Waals surface area contributed by atoms with Crippen LogP contribution in [0.2, 0.25) is 0 Å². The number of hydrazine groups is 1. The summed E-state index contributed by atoms with van der Waals surface area (Å²) in [6, 6.07) is 15.1. The van der Waals surface area contributed by atoms with Crippen molar-refractivity contribution in [3.05, 3.63) is 69.4 Å². The van der Waals surface area contributed by atoms with E-state index >= 15 is 0 Å². The van der Waals surface area contributed by atoms with Crippen molar-refractivity contribution in [3.63, 3.8) is 0 Å². The molecule has 7 heteroatoms. The number of rotatable bonds is 4. The largest absolute Gasteiger partial charge is 0.343 e. The fourth-order valence-electron chi connectivity index (χ4n) is 3.78. The van der Waals surface area contributed by atoms with Crippen molar-refractivity contribution in [1.82, 2.24) is 16.2 Å². The van der Waals surface area contributed by atoms with Gasteiger partial charge in [-0.1, -0.05) is 43.2 Å². The fraction of sp³-hybridized carbons (Fsp3) is 0.292. The van der Waals surface area contributed by atoms with Gasteiger partial charge in [0.1, 0.15) is 0 Å². The maximum absolute atomic E-state index is 12.4. The summed E-state index contributed by atoms with van der Waals surface area (Å²) in [6.45, 7) is -0.229. The Bertz CT molecular complexity index is 1100. The second-order valence-corrected chi connectivity index (χ2v) is 8.86. The van der Waals surface area contributed by atoms with Crippen LogP contribution in [0.4, 0.5) is 0 Å². The summed E-state index contributed by atoms with van der Waals surface area (Å²) in [5.74, 6) is -1.16. The maximum Gasteiger partial charge on any atom is 0.279 e. The zero-order valence-corrected chi connectivity index (χ0v) is 18.0. The molecule has 1 aliphatic rings. The highest BCUT2D eigenvalue weighted by Crippen LogP contribution is 2.28. The predicted molar refractivity (Wildman–Crippen MR) is 122 cm³/mol. The van der Waals surface area contributed by atoms with Crippen molar-refractivity contribution < 1.29 is 14.4 Å². The molecular weight excluding hydrogens is 410 g/mol. The lowest BCUT2D eigenvalue weighted by atomic mass is 10.00. The molecule has 0 fully saturated rings. The van der Waals surface area contributed by atoms with Crippen LogP contribution in [0, 0.1) is 0 Å². The predicted octanol–water partition coefficient (Wildman–Crippen LogP) is 3.75. The van der Waals surface area contributed by atoms with E-state index < -0.39 is 5.91 Å². The number of hydrogen-bond donors (Lipinski definition) is 3. The lowest BCUT2D eigenvalue weighted by Gasteiger charge is -2.08. The Hall–Kier alpha value is -3.19. The third-order valence-electron chi connectivity index (χ3n) is 5.46. The van der Waals surface area contributed by atoms with E-state index in [9.17, 15) is 14.4 Å². The summed E-state index contributed by atoms with van der Waals surface area (Å²) < 4.78 is 0. The Morgan fingerprint density at radius 2 is 1.58 bits per heavy atom. The summed E-state index contributed by atoms with van der Waals surface area (Å²) >= 11 is 1.50. The topological polar surface area (TPSA) is 87.3 Å². The SMILES string of the molecule is O=C(CNC(=O)c1ccc2ccccc2c1)NNC(=O)c1cc2c(s1)CCCCCC2. The number of amides is 3. The number of fused-ring (bicyclic) bond motifs is 2. The van der Waals surface area contributed by atoms with E-state index in [4.69, 9.17) is 0 Å². The van der Waals surface area contributed by atoms with Crippen LogP contribution in [0.3, 0.4) is 0 Å². The quantitative estimate of drug-likeness (QED) is 0.546. The lowest BCUT2D eigenvalue weighted by molar-refractivity contribution is -0.120. The van der Waals surface area contributed by atoms with Crippen LogP contribution >= 0.6 is 11.3 Å². The molecule has 0 saturated carbocycles. The molecule has 4 rings (SSSR count). The highest BCUT2D eigenvalue weighted by atomic mass is 32.1. The van der Waals surface area contributed by atoms with Gasteiger partial charge in [0, 0.05) is 10.4 Å². The van der Waals surface area contributed by atoms with Crippen molar-refractivity contribution in [2.45, 2.75) is 38.5 Å². The lowest BCUT2D eigenvalue weighted by Crippen LogP contribution is -2.46. The standard InChI is InChI=1S/C24H25N3O3S/c28-22(15-25-23(29)19-12-11-16-7-5-6-8-17(16)13-19)26-27-24(30)21-14-18-9-3-1-2-4-10-20(18)31-21/h5-8,11-14H,1-4,9-10,15H2,(H,25,29)(H,26,28)(H,27,30). The van der Waals surface area contributed by atoms with Gasteiger partial charge in [-0.15, -0.1) is 11.3 Å². The molecular formula is C24H25N3O3S. The average molecular weight is 436 g/mol. The van der Waals surface area contributed by atoms with Crippen molar-refractivity contribution >= 4 is 39.8 Å². The molecule has 0 unspecified atom stereocenters. The van der Waals surface area contributed by atoms with Crippen molar-refractivity contribution in [2.24, 2.45) is 0 Å². The smallest absolute Gasteiger partial charge is 0.279 e. The molecule has 160 valence electrons. The highest BCUT2D eigenvalue weighted by Gasteiger charge is 2.16. The van der Waals surface area contributed by atoms with Gasteiger partial charge < -0.3 is 5.32 Å². The second-order valence-electron chi connectivity index (χ2n) is 7.72. The second kappa shape index (κ2) is 9.75. The number of carbonyl (C=O) groups excluding carboxylic acids is 3. The Morgan fingerprint density at radius 1 is 0.806 bits per heavy atom. The van der Waals surface area contributed by atoms with Gasteiger partial charge >= 0.3 is 0 Å². The summed E-state index contributed by atoms with van der Waals surface area (Å²) in [7, 11) is 0. The summed E-state index contributed by atoms with van der Waals surface area (Å²) in [5.41, 5.74) is 6.56. The zero-order valence-electron chi connectivity index (χ0n) is 17.2. The van der Waals surface area contributed by atoms with E-state index in [0.717, 1.165) is 36.5 Å². The summed E-state index contributed by atoms with van der Waals surface area (Å²) in [4.78, 5) is 38.7. The molecule has 3 N–H and O–H groups in total. The van der Waals surface area contributed by atoms with E-state index in [0.29, 0.717) is 10.4 Å². The maximum atomic E-state index is 12.4. The van der Waals surface area contributed by atoms with E-state index in [1.165, 1.54) is 34.6 Å². The van der Waals surface area contributed by atoms with Gasteiger partial charge in [0.2, 0.25) is 0 Å². The molecule has 2 aromatic carbocycles. The first kappa shape index (κ1) is 21.1. The van der Waals surface area contributed by atoms with E-state index in [1.807, 2.05) is 36.4 Å². The number of aryl methyl sites for hydroxylation is 2. The zero-order chi connectivity index (χ0) is 21.6. The fourth-order valence-corrected chi connectivity index (χ4v) is 4.93. The van der Waals surface area contributed by atoms with Crippen LogP contribution in [-0.4, -0.2) is 24.3 Å². The number of nitrogens with one attached hydrogen (secondary N) is 3. The molecule has 1 aliphatic carbocycles. The third kappa shape index (κ3) is 5.30. The molecule has 31 heavy (non-hydrogen) atoms. The van der Waals surface area contributed by atoms with Crippen molar-refractivity contribution in [1.29, 1.82) is 0 Å². The Labute approximate surface area is 185 Å². The molecule has 0 radical (unpaired) electrons. The number of thiophene rings is 1. The highest BCUT2D eigenvalue weighted by molar-refractivity contribution is 7.14. The molecule has 0 saturated heterocycles. The molecule has 0 bridgehead atoms. The van der Waals surface area contributed by atoms with Crippen molar-refractivity contribution in [2.75, 3.05) is 6.54 Å². The minimum Gasteiger partial charge on any atom is -0.343 e. The van der Waals surface area contributed by atoms with Crippen LogP contribution in [0.5, 0.6) is 0 Å². The molecule has 0 aliphatic heterocycles. The molecule has 0 spiro atoms. The van der Waals surface area contributed by atoms with Crippen molar-refractivity contribution in [3.8, 4) is 0 Å². The number of carbonyl (C=O) groups is 3. The van der Waals surface area contributed by atoms with Crippen LogP contribution in [-0.2, 0) is 17.6 Å². The molecule has 3 amide bonds. The van der Waals surface area contributed by atoms with E-state index in [-0.39, 0.29) is 18.4 Å². The van der Waals surface area contributed by atoms with E-state index in [2.05, 4.69) is 16.2 Å². The molecule has 3 aromatic rings. The average Bonchev–Trinajstić information content (AvgIpc) is 3.17. The number of hydrogen-bond acceptors (Lipinski definition) is 4. The van der Waals surface area contributed by atoms with Crippen LogP contribution < -0.4 is 16.2 Å². The molecule has 1 aromatic heterocycles.